The van der Waals surface area contributed by atoms with Gasteiger partial charge < -0.3 is 10.0 Å². The van der Waals surface area contributed by atoms with Gasteiger partial charge in [-0.25, -0.2) is 4.39 Å². The van der Waals surface area contributed by atoms with E-state index in [4.69, 9.17) is 0 Å². The molecule has 1 atom stereocenters. The molecule has 0 amide bonds. The Kier molecular flexibility index (Phi) is 4.07. The average molecular weight is 223 g/mol. The zero-order chi connectivity index (χ0) is 12.3. The molecule has 3 heteroatoms. The van der Waals surface area contributed by atoms with E-state index < -0.39 is 6.10 Å². The van der Waals surface area contributed by atoms with E-state index in [0.29, 0.717) is 12.1 Å². The summed E-state index contributed by atoms with van der Waals surface area (Å²) in [5.74, 6) is -0.330. The maximum atomic E-state index is 13.1. The van der Waals surface area contributed by atoms with Crippen molar-refractivity contribution < 1.29 is 9.50 Å². The summed E-state index contributed by atoms with van der Waals surface area (Å²) in [5.41, 5.74) is 2.45. The summed E-state index contributed by atoms with van der Waals surface area (Å²) in [6.45, 7) is 8.08. The van der Waals surface area contributed by atoms with Gasteiger partial charge in [0.15, 0.2) is 0 Å². The number of rotatable bonds is 4. The van der Waals surface area contributed by atoms with E-state index >= 15 is 0 Å². The molecule has 88 valence electrons. The molecule has 1 aromatic carbocycles. The molecule has 1 aromatic rings. The summed E-state index contributed by atoms with van der Waals surface area (Å²) in [6.07, 6.45) is -0.682. The smallest absolute Gasteiger partial charge is 0.123 e. The highest BCUT2D eigenvalue weighted by molar-refractivity contribution is 5.54. The van der Waals surface area contributed by atoms with Crippen LogP contribution >= 0.6 is 0 Å². The van der Waals surface area contributed by atoms with Gasteiger partial charge in [-0.3, -0.25) is 0 Å². The summed E-state index contributed by atoms with van der Waals surface area (Å²) in [5, 5.41) is 9.60. The largest absolute Gasteiger partial charge is 0.389 e. The van der Waals surface area contributed by atoms with Crippen LogP contribution in [0.15, 0.2) is 30.4 Å². The average Bonchev–Trinajstić information content (AvgIpc) is 2.16. The van der Waals surface area contributed by atoms with Gasteiger partial charge in [0, 0.05) is 24.8 Å². The Labute approximate surface area is 96.0 Å². The van der Waals surface area contributed by atoms with Crippen LogP contribution in [0, 0.1) is 5.82 Å². The zero-order valence-corrected chi connectivity index (χ0v) is 10.00. The molecule has 0 aliphatic heterocycles. The van der Waals surface area contributed by atoms with Crippen molar-refractivity contribution in [3.63, 3.8) is 0 Å². The van der Waals surface area contributed by atoms with Crippen LogP contribution in [0.4, 0.5) is 10.1 Å². The second-order valence-corrected chi connectivity index (χ2v) is 4.19. The van der Waals surface area contributed by atoms with Gasteiger partial charge in [0.1, 0.15) is 5.82 Å². The van der Waals surface area contributed by atoms with Crippen LogP contribution < -0.4 is 4.90 Å². The van der Waals surface area contributed by atoms with Gasteiger partial charge in [-0.2, -0.15) is 0 Å². The zero-order valence-electron chi connectivity index (χ0n) is 10.00. The first-order valence-corrected chi connectivity index (χ1v) is 5.25. The number of nitrogens with zero attached hydrogens (tertiary/aromatic N) is 1. The predicted molar refractivity (Wildman–Crippen MR) is 65.1 cm³/mol. The molecule has 0 bridgehead atoms. The van der Waals surface area contributed by atoms with Gasteiger partial charge in [0.05, 0.1) is 6.10 Å². The molecule has 0 saturated heterocycles. The number of hydrogen-bond acceptors (Lipinski definition) is 2. The lowest BCUT2D eigenvalue weighted by Crippen LogP contribution is -2.21. The van der Waals surface area contributed by atoms with Crippen LogP contribution in [0.2, 0.25) is 0 Å². The fraction of sp³-hybridized carbons (Fsp3) is 0.385. The molecule has 0 fully saturated rings. The van der Waals surface area contributed by atoms with Crippen LogP contribution in [-0.2, 0) is 0 Å². The quantitative estimate of drug-likeness (QED) is 0.793. The lowest BCUT2D eigenvalue weighted by Gasteiger charge is -2.23. The standard InChI is InChI=1S/C13H18FNO/c1-9(2)8-15(4)13-6-5-11(14)7-12(13)10(3)16/h5-7,10,16H,1,8H2,2-4H3/t10-/m0/s1. The van der Waals surface area contributed by atoms with Crippen LogP contribution in [0.5, 0.6) is 0 Å². The highest BCUT2D eigenvalue weighted by atomic mass is 19.1. The molecule has 1 rings (SSSR count). The molecule has 0 saturated carbocycles. The second kappa shape index (κ2) is 5.12. The predicted octanol–water partition coefficient (Wildman–Crippen LogP) is 2.89. The van der Waals surface area contributed by atoms with E-state index in [0.717, 1.165) is 11.3 Å². The molecule has 1 N–H and O–H groups in total. The maximum absolute atomic E-state index is 13.1. The normalized spacial score (nSPS) is 12.3. The summed E-state index contributed by atoms with van der Waals surface area (Å²) in [4.78, 5) is 1.95. The first kappa shape index (κ1) is 12.7. The third-order valence-electron chi connectivity index (χ3n) is 2.36. The van der Waals surface area contributed by atoms with Crippen molar-refractivity contribution in [1.29, 1.82) is 0 Å². The summed E-state index contributed by atoms with van der Waals surface area (Å²) in [7, 11) is 1.90. The van der Waals surface area contributed by atoms with Gasteiger partial charge in [0.2, 0.25) is 0 Å². The molecule has 0 unspecified atom stereocenters. The maximum Gasteiger partial charge on any atom is 0.123 e. The Bertz CT molecular complexity index is 388. The highest BCUT2D eigenvalue weighted by Crippen LogP contribution is 2.26. The van der Waals surface area contributed by atoms with Crippen molar-refractivity contribution in [2.75, 3.05) is 18.5 Å². The van der Waals surface area contributed by atoms with Gasteiger partial charge in [0.25, 0.3) is 0 Å². The molecule has 0 heterocycles. The summed E-state index contributed by atoms with van der Waals surface area (Å²) < 4.78 is 13.1. The molecule has 0 aliphatic carbocycles. The number of aliphatic hydroxyl groups is 1. The molecule has 0 aromatic heterocycles. The lowest BCUT2D eigenvalue weighted by atomic mass is 10.1. The van der Waals surface area contributed by atoms with Crippen molar-refractivity contribution in [3.05, 3.63) is 41.7 Å². The van der Waals surface area contributed by atoms with Crippen LogP contribution in [0.3, 0.4) is 0 Å². The monoisotopic (exact) mass is 223 g/mol. The topological polar surface area (TPSA) is 23.5 Å². The minimum atomic E-state index is -0.682. The number of likely N-dealkylation sites (N-methyl/N-ethyl adjacent to an activating group) is 1. The molecular weight excluding hydrogens is 205 g/mol. The SMILES string of the molecule is C=C(C)CN(C)c1ccc(F)cc1[C@H](C)O. The summed E-state index contributed by atoms with van der Waals surface area (Å²) in [6, 6.07) is 4.45. The molecule has 16 heavy (non-hydrogen) atoms. The Balaban J connectivity index is 3.07. The molecule has 2 nitrogen and oxygen atoms in total. The van der Waals surface area contributed by atoms with Crippen molar-refractivity contribution >= 4 is 5.69 Å². The minimum Gasteiger partial charge on any atom is -0.389 e. The number of halogens is 1. The fourth-order valence-corrected chi connectivity index (χ4v) is 1.70. The van der Waals surface area contributed by atoms with E-state index in [-0.39, 0.29) is 5.82 Å². The third-order valence-corrected chi connectivity index (χ3v) is 2.36. The van der Waals surface area contributed by atoms with Gasteiger partial charge in [-0.1, -0.05) is 12.2 Å². The first-order chi connectivity index (χ1) is 7.41. The first-order valence-electron chi connectivity index (χ1n) is 5.25. The fourth-order valence-electron chi connectivity index (χ4n) is 1.70. The number of anilines is 1. The van der Waals surface area contributed by atoms with Crippen LogP contribution in [0.1, 0.15) is 25.5 Å². The third kappa shape index (κ3) is 3.07. The number of benzene rings is 1. The molecule has 0 aliphatic rings. The van der Waals surface area contributed by atoms with E-state index in [1.807, 2.05) is 18.9 Å². The van der Waals surface area contributed by atoms with E-state index in [9.17, 15) is 9.50 Å². The van der Waals surface area contributed by atoms with Crippen molar-refractivity contribution in [2.45, 2.75) is 20.0 Å². The minimum absolute atomic E-state index is 0.330. The Morgan fingerprint density at radius 1 is 1.56 bits per heavy atom. The Morgan fingerprint density at radius 3 is 2.69 bits per heavy atom. The number of aliphatic hydroxyl groups excluding tert-OH is 1. The van der Waals surface area contributed by atoms with Crippen LogP contribution in [-0.4, -0.2) is 18.7 Å². The van der Waals surface area contributed by atoms with Crippen molar-refractivity contribution in [2.24, 2.45) is 0 Å². The van der Waals surface area contributed by atoms with E-state index in [1.54, 1.807) is 13.0 Å². The lowest BCUT2D eigenvalue weighted by molar-refractivity contribution is 0.199. The van der Waals surface area contributed by atoms with Gasteiger partial charge >= 0.3 is 0 Å². The molecular formula is C13H18FNO. The van der Waals surface area contributed by atoms with Gasteiger partial charge in [-0.15, -0.1) is 0 Å². The Hall–Kier alpha value is -1.35. The van der Waals surface area contributed by atoms with Gasteiger partial charge in [-0.05, 0) is 32.0 Å². The van der Waals surface area contributed by atoms with Crippen molar-refractivity contribution in [3.8, 4) is 0 Å². The molecule has 0 radical (unpaired) electrons. The van der Waals surface area contributed by atoms with Crippen molar-refractivity contribution in [1.82, 2.24) is 0 Å². The molecule has 0 spiro atoms. The second-order valence-electron chi connectivity index (χ2n) is 4.19. The number of hydrogen-bond donors (Lipinski definition) is 1. The highest BCUT2D eigenvalue weighted by Gasteiger charge is 2.12. The van der Waals surface area contributed by atoms with E-state index in [1.165, 1.54) is 12.1 Å². The summed E-state index contributed by atoms with van der Waals surface area (Å²) >= 11 is 0. The Morgan fingerprint density at radius 2 is 2.19 bits per heavy atom. The van der Waals surface area contributed by atoms with Crippen LogP contribution in [0.25, 0.3) is 0 Å². The van der Waals surface area contributed by atoms with E-state index in [2.05, 4.69) is 6.58 Å².